The fourth-order valence-corrected chi connectivity index (χ4v) is 2.27. The molecule has 0 aliphatic carbocycles. The van der Waals surface area contributed by atoms with Gasteiger partial charge in [0.25, 0.3) is 0 Å². The van der Waals surface area contributed by atoms with E-state index in [2.05, 4.69) is 0 Å². The number of benzene rings is 2. The Kier molecular flexibility index (Phi) is 4.58. The van der Waals surface area contributed by atoms with Crippen LogP contribution in [0.3, 0.4) is 0 Å². The van der Waals surface area contributed by atoms with E-state index in [1.807, 2.05) is 0 Å². The van der Waals surface area contributed by atoms with Crippen LogP contribution in [-0.2, 0) is 0 Å². The first-order valence-electron chi connectivity index (χ1n) is 5.49. The second kappa shape index (κ2) is 6.02. The van der Waals surface area contributed by atoms with E-state index in [-0.39, 0.29) is 0 Å². The highest BCUT2D eigenvalue weighted by molar-refractivity contribution is 6.42. The standard InChI is InChI=1S/C14H11Cl3O2/c1-19-13-5-3-9(15)7-10(13)14(18)8-2-4-11(16)12(17)6-8/h2-7,14,18H,1H3. The van der Waals surface area contributed by atoms with Gasteiger partial charge in [0.2, 0.25) is 0 Å². The topological polar surface area (TPSA) is 29.5 Å². The number of aliphatic hydroxyl groups is 1. The van der Waals surface area contributed by atoms with Crippen LogP contribution in [0.1, 0.15) is 17.2 Å². The highest BCUT2D eigenvalue weighted by atomic mass is 35.5. The van der Waals surface area contributed by atoms with E-state index in [1.54, 1.807) is 36.4 Å². The van der Waals surface area contributed by atoms with Gasteiger partial charge in [-0.1, -0.05) is 40.9 Å². The zero-order valence-corrected chi connectivity index (χ0v) is 12.3. The van der Waals surface area contributed by atoms with E-state index >= 15 is 0 Å². The number of hydrogen-bond acceptors (Lipinski definition) is 2. The molecule has 5 heteroatoms. The number of rotatable bonds is 3. The smallest absolute Gasteiger partial charge is 0.125 e. The Labute approximate surface area is 126 Å². The number of methoxy groups -OCH3 is 1. The summed E-state index contributed by atoms with van der Waals surface area (Å²) in [6.07, 6.45) is -0.886. The van der Waals surface area contributed by atoms with Crippen molar-refractivity contribution < 1.29 is 9.84 Å². The molecule has 0 aromatic heterocycles. The van der Waals surface area contributed by atoms with Crippen LogP contribution in [-0.4, -0.2) is 12.2 Å². The lowest BCUT2D eigenvalue weighted by molar-refractivity contribution is 0.215. The van der Waals surface area contributed by atoms with Gasteiger partial charge in [-0.3, -0.25) is 0 Å². The number of hydrogen-bond donors (Lipinski definition) is 1. The van der Waals surface area contributed by atoms with Crippen molar-refractivity contribution in [2.24, 2.45) is 0 Å². The Morgan fingerprint density at radius 2 is 1.74 bits per heavy atom. The second-order valence-corrected chi connectivity index (χ2v) is 5.21. The number of halogens is 3. The number of aliphatic hydroxyl groups excluding tert-OH is 1. The minimum atomic E-state index is -0.886. The van der Waals surface area contributed by atoms with E-state index in [4.69, 9.17) is 39.5 Å². The Morgan fingerprint density at radius 3 is 2.37 bits per heavy atom. The van der Waals surface area contributed by atoms with Crippen LogP contribution in [0.25, 0.3) is 0 Å². The average molecular weight is 318 g/mol. The molecule has 0 aliphatic rings. The highest BCUT2D eigenvalue weighted by Gasteiger charge is 2.17. The summed E-state index contributed by atoms with van der Waals surface area (Å²) < 4.78 is 5.22. The molecular formula is C14H11Cl3O2. The lowest BCUT2D eigenvalue weighted by Crippen LogP contribution is -2.02. The molecule has 2 aromatic rings. The molecule has 2 aromatic carbocycles. The first-order chi connectivity index (χ1) is 9.02. The van der Waals surface area contributed by atoms with E-state index in [0.29, 0.717) is 31.9 Å². The quantitative estimate of drug-likeness (QED) is 0.886. The molecule has 100 valence electrons. The van der Waals surface area contributed by atoms with Crippen molar-refractivity contribution in [1.29, 1.82) is 0 Å². The Bertz CT molecular complexity index is 599. The summed E-state index contributed by atoms with van der Waals surface area (Å²) in [6.45, 7) is 0. The third-order valence-electron chi connectivity index (χ3n) is 2.75. The lowest BCUT2D eigenvalue weighted by atomic mass is 10.0. The molecule has 0 bridgehead atoms. The average Bonchev–Trinajstić information content (AvgIpc) is 2.41. The molecule has 0 saturated carbocycles. The molecule has 0 aliphatic heterocycles. The van der Waals surface area contributed by atoms with Gasteiger partial charge in [0, 0.05) is 10.6 Å². The zero-order chi connectivity index (χ0) is 14.0. The third kappa shape index (κ3) is 3.15. The summed E-state index contributed by atoms with van der Waals surface area (Å²) in [7, 11) is 1.54. The zero-order valence-electron chi connectivity index (χ0n) is 10.0. The van der Waals surface area contributed by atoms with E-state index in [1.165, 1.54) is 7.11 Å². The monoisotopic (exact) mass is 316 g/mol. The molecule has 0 radical (unpaired) electrons. The van der Waals surface area contributed by atoms with Gasteiger partial charge in [0.1, 0.15) is 11.9 Å². The number of ether oxygens (including phenoxy) is 1. The van der Waals surface area contributed by atoms with Crippen LogP contribution < -0.4 is 4.74 Å². The molecule has 1 N–H and O–H groups in total. The molecule has 0 heterocycles. The first-order valence-corrected chi connectivity index (χ1v) is 6.62. The molecule has 0 fully saturated rings. The maximum atomic E-state index is 10.4. The van der Waals surface area contributed by atoms with Crippen LogP contribution in [0, 0.1) is 0 Å². The van der Waals surface area contributed by atoms with Gasteiger partial charge in [-0.15, -0.1) is 0 Å². The van der Waals surface area contributed by atoms with Crippen molar-refractivity contribution in [2.75, 3.05) is 7.11 Å². The molecule has 2 rings (SSSR count). The van der Waals surface area contributed by atoms with Crippen molar-refractivity contribution in [3.05, 3.63) is 62.6 Å². The summed E-state index contributed by atoms with van der Waals surface area (Å²) >= 11 is 17.8. The van der Waals surface area contributed by atoms with Crippen LogP contribution in [0.15, 0.2) is 36.4 Å². The lowest BCUT2D eigenvalue weighted by Gasteiger charge is -2.16. The van der Waals surface area contributed by atoms with Gasteiger partial charge in [-0.2, -0.15) is 0 Å². The minimum Gasteiger partial charge on any atom is -0.496 e. The van der Waals surface area contributed by atoms with Crippen molar-refractivity contribution in [3.8, 4) is 5.75 Å². The van der Waals surface area contributed by atoms with Crippen molar-refractivity contribution >= 4 is 34.8 Å². The maximum Gasteiger partial charge on any atom is 0.125 e. The molecule has 0 saturated heterocycles. The van der Waals surface area contributed by atoms with Crippen LogP contribution in [0.4, 0.5) is 0 Å². The molecule has 1 unspecified atom stereocenters. The first kappa shape index (κ1) is 14.5. The Hall–Kier alpha value is -0.930. The van der Waals surface area contributed by atoms with Crippen molar-refractivity contribution in [1.82, 2.24) is 0 Å². The molecule has 0 amide bonds. The summed E-state index contributed by atoms with van der Waals surface area (Å²) in [5.74, 6) is 0.558. The van der Waals surface area contributed by atoms with Crippen molar-refractivity contribution in [3.63, 3.8) is 0 Å². The third-order valence-corrected chi connectivity index (χ3v) is 3.72. The normalized spacial score (nSPS) is 12.3. The predicted molar refractivity (Wildman–Crippen MR) is 78.5 cm³/mol. The fourth-order valence-electron chi connectivity index (χ4n) is 1.78. The van der Waals surface area contributed by atoms with Crippen LogP contribution in [0.2, 0.25) is 15.1 Å². The maximum absolute atomic E-state index is 10.4. The van der Waals surface area contributed by atoms with E-state index in [0.717, 1.165) is 0 Å². The predicted octanol–water partition coefficient (Wildman–Crippen LogP) is 4.74. The molecule has 0 spiro atoms. The fraction of sp³-hybridized carbons (Fsp3) is 0.143. The summed E-state index contributed by atoms with van der Waals surface area (Å²) in [5.41, 5.74) is 1.20. The van der Waals surface area contributed by atoms with Gasteiger partial charge in [0.05, 0.1) is 17.2 Å². The van der Waals surface area contributed by atoms with Crippen LogP contribution in [0.5, 0.6) is 5.75 Å². The summed E-state index contributed by atoms with van der Waals surface area (Å²) in [4.78, 5) is 0. The second-order valence-electron chi connectivity index (χ2n) is 3.96. The van der Waals surface area contributed by atoms with Gasteiger partial charge in [0.15, 0.2) is 0 Å². The van der Waals surface area contributed by atoms with Gasteiger partial charge in [-0.05, 0) is 35.9 Å². The van der Waals surface area contributed by atoms with E-state index < -0.39 is 6.10 Å². The molecular weight excluding hydrogens is 307 g/mol. The Morgan fingerprint density at radius 1 is 1.00 bits per heavy atom. The molecule has 19 heavy (non-hydrogen) atoms. The summed E-state index contributed by atoms with van der Waals surface area (Å²) in [6, 6.07) is 10.0. The van der Waals surface area contributed by atoms with Gasteiger partial charge in [-0.25, -0.2) is 0 Å². The van der Waals surface area contributed by atoms with Gasteiger partial charge >= 0.3 is 0 Å². The SMILES string of the molecule is COc1ccc(Cl)cc1C(O)c1ccc(Cl)c(Cl)c1. The Balaban J connectivity index is 2.45. The summed E-state index contributed by atoms with van der Waals surface area (Å²) in [5, 5.41) is 11.8. The molecule has 1 atom stereocenters. The van der Waals surface area contributed by atoms with E-state index in [9.17, 15) is 5.11 Å². The highest BCUT2D eigenvalue weighted by Crippen LogP contribution is 2.34. The largest absolute Gasteiger partial charge is 0.496 e. The minimum absolute atomic E-state index is 0.388. The van der Waals surface area contributed by atoms with Crippen LogP contribution >= 0.6 is 34.8 Å². The van der Waals surface area contributed by atoms with Crippen molar-refractivity contribution in [2.45, 2.75) is 6.10 Å². The molecule has 2 nitrogen and oxygen atoms in total. The van der Waals surface area contributed by atoms with Gasteiger partial charge < -0.3 is 9.84 Å².